The number of hydrogen-bond donors (Lipinski definition) is 1. The molecule has 3 aliphatic rings. The summed E-state index contributed by atoms with van der Waals surface area (Å²) in [6.07, 6.45) is -3.78. The van der Waals surface area contributed by atoms with E-state index in [1.54, 1.807) is 24.3 Å². The van der Waals surface area contributed by atoms with Gasteiger partial charge in [-0.05, 0) is 59.7 Å². The minimum Gasteiger partial charge on any atom is -0.454 e. The van der Waals surface area contributed by atoms with Crippen molar-refractivity contribution in [2.75, 3.05) is 18.7 Å². The van der Waals surface area contributed by atoms with Gasteiger partial charge in [-0.2, -0.15) is 13.9 Å². The van der Waals surface area contributed by atoms with E-state index >= 15 is 0 Å². The third kappa shape index (κ3) is 4.58. The fourth-order valence-corrected chi connectivity index (χ4v) is 4.30. The molecule has 6 rings (SSSR count). The lowest BCUT2D eigenvalue weighted by Crippen LogP contribution is -2.30. The number of nitrogens with one attached hydrogen (secondary N) is 1. The third-order valence-corrected chi connectivity index (χ3v) is 5.98. The van der Waals surface area contributed by atoms with Crippen LogP contribution in [0.25, 0.3) is 0 Å². The smallest absolute Gasteiger partial charge is 0.454 e. The Bertz CT molecular complexity index is 1430. The van der Waals surface area contributed by atoms with Gasteiger partial charge in [0.15, 0.2) is 23.0 Å². The number of carbonyl (C=O) groups is 1. The largest absolute Gasteiger partial charge is 0.586 e. The molecule has 9 nitrogen and oxygen atoms in total. The molecule has 3 aliphatic heterocycles. The Hall–Kier alpha value is -4.68. The van der Waals surface area contributed by atoms with Crippen molar-refractivity contribution in [1.29, 1.82) is 0 Å². The van der Waals surface area contributed by atoms with Gasteiger partial charge in [0.05, 0.1) is 12.3 Å². The Labute approximate surface area is 212 Å². The van der Waals surface area contributed by atoms with Crippen molar-refractivity contribution in [3.8, 4) is 28.7 Å². The number of fused-ring (bicyclic) bond motifs is 2. The molecule has 0 aliphatic carbocycles. The van der Waals surface area contributed by atoms with Crippen molar-refractivity contribution in [2.24, 2.45) is 5.10 Å². The number of hydrogen-bond acceptors (Lipinski definition) is 7. The summed E-state index contributed by atoms with van der Waals surface area (Å²) in [7, 11) is 0. The number of anilines is 1. The monoisotopic (exact) mass is 531 g/mol. The summed E-state index contributed by atoms with van der Waals surface area (Å²) in [4.78, 5) is 13.1. The maximum atomic E-state index is 13.3. The lowest BCUT2D eigenvalue weighted by atomic mass is 9.90. The molecule has 3 heterocycles. The number of ether oxygens (including phenoxy) is 5. The van der Waals surface area contributed by atoms with Crippen molar-refractivity contribution in [3.05, 3.63) is 71.8 Å². The number of amides is 2. The first-order valence-corrected chi connectivity index (χ1v) is 11.3. The Kier molecular flexibility index (Phi) is 5.62. The third-order valence-electron chi connectivity index (χ3n) is 5.98. The molecule has 13 heteroatoms. The van der Waals surface area contributed by atoms with E-state index in [2.05, 4.69) is 24.6 Å². The van der Waals surface area contributed by atoms with Crippen LogP contribution in [0.4, 0.5) is 28.0 Å². The van der Waals surface area contributed by atoms with Crippen molar-refractivity contribution in [2.45, 2.75) is 18.8 Å². The molecule has 0 bridgehead atoms. The molecule has 38 heavy (non-hydrogen) atoms. The predicted molar refractivity (Wildman–Crippen MR) is 123 cm³/mol. The minimum absolute atomic E-state index is 0.0232. The maximum absolute atomic E-state index is 13.3. The van der Waals surface area contributed by atoms with Gasteiger partial charge in [-0.3, -0.25) is 0 Å². The van der Waals surface area contributed by atoms with Crippen molar-refractivity contribution >= 4 is 17.4 Å². The van der Waals surface area contributed by atoms with E-state index in [9.17, 15) is 22.4 Å². The van der Waals surface area contributed by atoms with Crippen LogP contribution in [-0.4, -0.2) is 43.0 Å². The highest BCUT2D eigenvalue weighted by Crippen LogP contribution is 2.42. The molecule has 1 N–H and O–H groups in total. The van der Waals surface area contributed by atoms with E-state index in [4.69, 9.17) is 9.47 Å². The molecular formula is C25H17F4N3O6. The molecule has 0 saturated carbocycles. The van der Waals surface area contributed by atoms with Crippen LogP contribution in [0, 0.1) is 0 Å². The number of rotatable bonds is 5. The van der Waals surface area contributed by atoms with Crippen LogP contribution >= 0.6 is 0 Å². The fraction of sp³-hybridized carbons (Fsp3) is 0.200. The highest BCUT2D eigenvalue weighted by atomic mass is 19.3. The van der Waals surface area contributed by atoms with Gasteiger partial charge >= 0.3 is 18.9 Å². The van der Waals surface area contributed by atoms with Crippen LogP contribution in [0.1, 0.15) is 17.0 Å². The number of urea groups is 1. The SMILES string of the molecule is O=C(Nc1ccc2c(c1)OC(F)(F)O2)N1CC(c2ccc3c(c2)OCO3)C(c2ccc(OC(F)F)cc2)=N1. The maximum Gasteiger partial charge on any atom is 0.586 e. The molecule has 196 valence electrons. The standard InChI is InChI=1S/C25H17F4N3O6/c26-23(27)36-16-5-1-13(2-6-16)22-17(14-3-7-18-20(9-14)35-12-34-18)11-32(31-22)24(33)30-15-4-8-19-21(10-15)38-25(28,29)37-19/h1-10,17,23H,11-12H2,(H,30,33). The highest BCUT2D eigenvalue weighted by Gasteiger charge is 2.43. The molecule has 3 aromatic rings. The second kappa shape index (κ2) is 9.01. The lowest BCUT2D eigenvalue weighted by Gasteiger charge is -2.16. The van der Waals surface area contributed by atoms with Gasteiger partial charge in [0.1, 0.15) is 5.75 Å². The van der Waals surface area contributed by atoms with Gasteiger partial charge in [0, 0.05) is 17.7 Å². The van der Waals surface area contributed by atoms with Crippen LogP contribution < -0.4 is 29.0 Å². The van der Waals surface area contributed by atoms with Gasteiger partial charge in [0.2, 0.25) is 6.79 Å². The van der Waals surface area contributed by atoms with Gasteiger partial charge in [-0.25, -0.2) is 9.80 Å². The quantitative estimate of drug-likeness (QED) is 0.445. The second-order valence-corrected chi connectivity index (χ2v) is 8.39. The molecule has 0 radical (unpaired) electrons. The summed E-state index contributed by atoms with van der Waals surface area (Å²) in [5.41, 5.74) is 2.04. The first-order chi connectivity index (χ1) is 18.2. The molecular weight excluding hydrogens is 514 g/mol. The molecule has 1 atom stereocenters. The first kappa shape index (κ1) is 23.7. The number of nitrogens with zero attached hydrogens (tertiary/aromatic N) is 2. The molecule has 0 saturated heterocycles. The Morgan fingerprint density at radius 2 is 1.71 bits per heavy atom. The average Bonchev–Trinajstić information content (AvgIpc) is 3.59. The van der Waals surface area contributed by atoms with E-state index in [1.807, 2.05) is 6.07 Å². The summed E-state index contributed by atoms with van der Waals surface area (Å²) in [6.45, 7) is -2.75. The van der Waals surface area contributed by atoms with E-state index < -0.39 is 24.9 Å². The number of carbonyl (C=O) groups excluding carboxylic acids is 1. The Morgan fingerprint density at radius 3 is 2.50 bits per heavy atom. The van der Waals surface area contributed by atoms with Crippen molar-refractivity contribution < 1.29 is 46.0 Å². The van der Waals surface area contributed by atoms with Crippen LogP contribution in [-0.2, 0) is 0 Å². The normalized spacial score (nSPS) is 18.5. The highest BCUT2D eigenvalue weighted by molar-refractivity contribution is 6.08. The Balaban J connectivity index is 1.27. The zero-order valence-electron chi connectivity index (χ0n) is 19.2. The summed E-state index contributed by atoms with van der Waals surface area (Å²) < 4.78 is 75.9. The van der Waals surface area contributed by atoms with Crippen LogP contribution in [0.5, 0.6) is 28.7 Å². The first-order valence-electron chi connectivity index (χ1n) is 11.3. The second-order valence-electron chi connectivity index (χ2n) is 8.39. The summed E-state index contributed by atoms with van der Waals surface area (Å²) in [5.74, 6) is 0.321. The molecule has 0 aromatic heterocycles. The number of halogens is 4. The minimum atomic E-state index is -3.78. The van der Waals surface area contributed by atoms with E-state index in [1.165, 1.54) is 35.3 Å². The summed E-state index contributed by atoms with van der Waals surface area (Å²) >= 11 is 0. The van der Waals surface area contributed by atoms with E-state index in [0.29, 0.717) is 22.8 Å². The molecule has 1 unspecified atom stereocenters. The zero-order valence-corrected chi connectivity index (χ0v) is 19.2. The number of hydrazone groups is 1. The summed E-state index contributed by atoms with van der Waals surface area (Å²) in [6, 6.07) is 14.5. The zero-order chi connectivity index (χ0) is 26.4. The van der Waals surface area contributed by atoms with Crippen LogP contribution in [0.3, 0.4) is 0 Å². The number of alkyl halides is 4. The predicted octanol–water partition coefficient (Wildman–Crippen LogP) is 5.37. The molecule has 3 aromatic carbocycles. The fourth-order valence-electron chi connectivity index (χ4n) is 4.30. The van der Waals surface area contributed by atoms with Crippen molar-refractivity contribution in [3.63, 3.8) is 0 Å². The van der Waals surface area contributed by atoms with E-state index in [0.717, 1.165) is 5.56 Å². The Morgan fingerprint density at radius 1 is 0.974 bits per heavy atom. The van der Waals surface area contributed by atoms with Gasteiger partial charge < -0.3 is 29.0 Å². The van der Waals surface area contributed by atoms with Crippen LogP contribution in [0.2, 0.25) is 0 Å². The van der Waals surface area contributed by atoms with Gasteiger partial charge in [0.25, 0.3) is 0 Å². The molecule has 0 fully saturated rings. The average molecular weight is 531 g/mol. The lowest BCUT2D eigenvalue weighted by molar-refractivity contribution is -0.286. The molecule has 2 amide bonds. The van der Waals surface area contributed by atoms with Crippen LogP contribution in [0.15, 0.2) is 65.8 Å². The topological polar surface area (TPSA) is 90.9 Å². The number of benzene rings is 3. The molecule has 0 spiro atoms. The van der Waals surface area contributed by atoms with Gasteiger partial charge in [-0.1, -0.05) is 6.07 Å². The van der Waals surface area contributed by atoms with Crippen molar-refractivity contribution in [1.82, 2.24) is 5.01 Å². The summed E-state index contributed by atoms with van der Waals surface area (Å²) in [5, 5.41) is 8.29. The van der Waals surface area contributed by atoms with E-state index in [-0.39, 0.29) is 36.3 Å². The van der Waals surface area contributed by atoms with Gasteiger partial charge in [-0.15, -0.1) is 8.78 Å².